The highest BCUT2D eigenvalue weighted by Crippen LogP contribution is 2.26. The molecule has 1 atom stereocenters. The van der Waals surface area contributed by atoms with E-state index in [0.29, 0.717) is 28.4 Å². The van der Waals surface area contributed by atoms with Gasteiger partial charge in [-0.05, 0) is 36.8 Å². The summed E-state index contributed by atoms with van der Waals surface area (Å²) < 4.78 is 37.7. The van der Waals surface area contributed by atoms with Crippen molar-refractivity contribution in [3.8, 4) is 11.6 Å². The lowest BCUT2D eigenvalue weighted by atomic mass is 10.1. The zero-order valence-electron chi connectivity index (χ0n) is 14.7. The summed E-state index contributed by atoms with van der Waals surface area (Å²) in [5, 5.41) is 11.7. The van der Waals surface area contributed by atoms with E-state index in [1.165, 1.54) is 30.5 Å². The van der Waals surface area contributed by atoms with Crippen LogP contribution in [0.4, 0.5) is 4.39 Å². The van der Waals surface area contributed by atoms with Crippen LogP contribution >= 0.6 is 0 Å². The van der Waals surface area contributed by atoms with Gasteiger partial charge in [-0.3, -0.25) is 9.79 Å². The van der Waals surface area contributed by atoms with Crippen LogP contribution in [0.1, 0.15) is 12.0 Å². The second-order valence-corrected chi connectivity index (χ2v) is 8.96. The maximum absolute atomic E-state index is 13.3. The van der Waals surface area contributed by atoms with Crippen molar-refractivity contribution in [2.75, 3.05) is 11.5 Å². The van der Waals surface area contributed by atoms with Crippen LogP contribution in [0.15, 0.2) is 58.3 Å². The molecule has 1 aliphatic rings. The summed E-state index contributed by atoms with van der Waals surface area (Å²) in [6, 6.07) is 11.6. The third kappa shape index (κ3) is 3.31. The molecular formula is C20H17FN2O4S. The summed E-state index contributed by atoms with van der Waals surface area (Å²) in [7, 11) is -3.08. The van der Waals surface area contributed by atoms with Crippen molar-refractivity contribution in [3.63, 3.8) is 0 Å². The van der Waals surface area contributed by atoms with Gasteiger partial charge in [0.25, 0.3) is 5.56 Å². The molecule has 1 aliphatic heterocycles. The van der Waals surface area contributed by atoms with E-state index in [0.717, 1.165) is 4.57 Å². The Balaban J connectivity index is 1.90. The average Bonchev–Trinajstić information content (AvgIpc) is 3.02. The summed E-state index contributed by atoms with van der Waals surface area (Å²) in [6.45, 7) is 0. The third-order valence-electron chi connectivity index (χ3n) is 4.81. The summed E-state index contributed by atoms with van der Waals surface area (Å²) in [6.07, 6.45) is 1.85. The van der Waals surface area contributed by atoms with Crippen LogP contribution in [0, 0.1) is 5.82 Å². The number of benzene rings is 2. The number of hydrogen-bond acceptors (Lipinski definition) is 5. The number of sulfone groups is 1. The molecule has 0 saturated carbocycles. The van der Waals surface area contributed by atoms with Crippen LogP contribution < -0.4 is 5.56 Å². The van der Waals surface area contributed by atoms with Gasteiger partial charge < -0.3 is 5.11 Å². The highest BCUT2D eigenvalue weighted by atomic mass is 32.2. The molecule has 0 spiro atoms. The van der Waals surface area contributed by atoms with Crippen LogP contribution in [0.3, 0.4) is 0 Å². The predicted molar refractivity (Wildman–Crippen MR) is 106 cm³/mol. The number of aliphatic imine (C=N–C) groups is 1. The Morgan fingerprint density at radius 2 is 1.79 bits per heavy atom. The van der Waals surface area contributed by atoms with E-state index in [9.17, 15) is 22.7 Å². The molecule has 3 aromatic rings. The van der Waals surface area contributed by atoms with Gasteiger partial charge >= 0.3 is 0 Å². The van der Waals surface area contributed by atoms with E-state index >= 15 is 0 Å². The maximum atomic E-state index is 13.3. The van der Waals surface area contributed by atoms with E-state index in [2.05, 4.69) is 4.99 Å². The molecule has 0 unspecified atom stereocenters. The molecule has 0 amide bonds. The highest BCUT2D eigenvalue weighted by Gasteiger charge is 2.27. The first kappa shape index (κ1) is 18.4. The first-order chi connectivity index (χ1) is 13.4. The molecular weight excluding hydrogens is 383 g/mol. The quantitative estimate of drug-likeness (QED) is 0.684. The monoisotopic (exact) mass is 400 g/mol. The lowest BCUT2D eigenvalue weighted by Gasteiger charge is -2.14. The Hall–Kier alpha value is -3.00. The Bertz CT molecular complexity index is 1250. The maximum Gasteiger partial charge on any atom is 0.265 e. The fourth-order valence-electron chi connectivity index (χ4n) is 3.39. The molecule has 0 radical (unpaired) electrons. The fraction of sp³-hybridized carbons (Fsp3) is 0.200. The van der Waals surface area contributed by atoms with Crippen LogP contribution in [-0.2, 0) is 9.84 Å². The van der Waals surface area contributed by atoms with Gasteiger partial charge in [-0.25, -0.2) is 17.4 Å². The Morgan fingerprint density at radius 3 is 2.43 bits per heavy atom. The summed E-state index contributed by atoms with van der Waals surface area (Å²) >= 11 is 0. The second-order valence-electron chi connectivity index (χ2n) is 6.73. The third-order valence-corrected chi connectivity index (χ3v) is 6.56. The van der Waals surface area contributed by atoms with Crippen LogP contribution in [0.2, 0.25) is 0 Å². The van der Waals surface area contributed by atoms with Crippen LogP contribution in [0.25, 0.3) is 16.5 Å². The fourth-order valence-corrected chi connectivity index (χ4v) is 5.03. The second kappa shape index (κ2) is 6.87. The van der Waals surface area contributed by atoms with Gasteiger partial charge in [-0.15, -0.1) is 0 Å². The van der Waals surface area contributed by atoms with E-state index in [1.54, 1.807) is 24.3 Å². The Kier molecular flexibility index (Phi) is 4.50. The first-order valence-corrected chi connectivity index (χ1v) is 10.5. The number of aromatic hydroxyl groups is 1. The molecule has 1 saturated heterocycles. The van der Waals surface area contributed by atoms with E-state index in [4.69, 9.17) is 0 Å². The molecule has 1 aromatic heterocycles. The molecule has 2 aromatic carbocycles. The van der Waals surface area contributed by atoms with Gasteiger partial charge in [-0.2, -0.15) is 0 Å². The molecule has 6 nitrogen and oxygen atoms in total. The summed E-state index contributed by atoms with van der Waals surface area (Å²) in [4.78, 5) is 17.3. The first-order valence-electron chi connectivity index (χ1n) is 8.72. The lowest BCUT2D eigenvalue weighted by molar-refractivity contribution is 0.436. The van der Waals surface area contributed by atoms with Gasteiger partial charge in [0.05, 0.1) is 28.8 Å². The minimum atomic E-state index is -3.08. The minimum Gasteiger partial charge on any atom is -0.494 e. The van der Waals surface area contributed by atoms with Gasteiger partial charge in [0, 0.05) is 17.0 Å². The molecule has 1 fully saturated rings. The number of fused-ring (bicyclic) bond motifs is 1. The predicted octanol–water partition coefficient (Wildman–Crippen LogP) is 2.44. The van der Waals surface area contributed by atoms with Crippen LogP contribution in [0.5, 0.6) is 5.88 Å². The van der Waals surface area contributed by atoms with Crippen molar-refractivity contribution in [1.29, 1.82) is 0 Å². The van der Waals surface area contributed by atoms with Crippen molar-refractivity contribution in [2.45, 2.75) is 12.5 Å². The summed E-state index contributed by atoms with van der Waals surface area (Å²) in [5.41, 5.74) is 0.178. The number of pyridine rings is 1. The molecule has 0 bridgehead atoms. The van der Waals surface area contributed by atoms with E-state index in [1.807, 2.05) is 0 Å². The molecule has 2 heterocycles. The Morgan fingerprint density at radius 1 is 1.11 bits per heavy atom. The van der Waals surface area contributed by atoms with Gasteiger partial charge in [0.1, 0.15) is 5.82 Å². The number of nitrogens with zero attached hydrogens (tertiary/aromatic N) is 2. The van der Waals surface area contributed by atoms with Gasteiger partial charge in [0.15, 0.2) is 9.84 Å². The number of hydrogen-bond donors (Lipinski definition) is 1. The highest BCUT2D eigenvalue weighted by molar-refractivity contribution is 7.91. The molecule has 4 rings (SSSR count). The van der Waals surface area contributed by atoms with Crippen molar-refractivity contribution < 1.29 is 17.9 Å². The molecule has 0 aliphatic carbocycles. The van der Waals surface area contributed by atoms with E-state index in [-0.39, 0.29) is 23.4 Å². The smallest absolute Gasteiger partial charge is 0.265 e. The SMILES string of the molecule is O=c1c2ccccc2c(C=N[C@@H]2CCS(=O)(=O)C2)c(O)n1-c1ccc(F)cc1. The molecule has 28 heavy (non-hydrogen) atoms. The average molecular weight is 400 g/mol. The standard InChI is InChI=1S/C20H17FN2O4S/c21-13-5-7-15(8-6-13)23-19(24)17-4-2-1-3-16(17)18(20(23)25)11-22-14-9-10-28(26,27)12-14/h1-8,11,14,25H,9-10,12H2/t14-/m1/s1. The summed E-state index contributed by atoms with van der Waals surface area (Å²) in [5.74, 6) is -0.724. The Labute approximate surface area is 160 Å². The molecule has 1 N–H and O–H groups in total. The van der Waals surface area contributed by atoms with E-state index < -0.39 is 21.2 Å². The number of aromatic nitrogens is 1. The van der Waals surface area contributed by atoms with Crippen molar-refractivity contribution >= 4 is 26.8 Å². The van der Waals surface area contributed by atoms with Crippen LogP contribution in [-0.4, -0.2) is 41.9 Å². The topological polar surface area (TPSA) is 88.7 Å². The zero-order valence-corrected chi connectivity index (χ0v) is 15.6. The lowest BCUT2D eigenvalue weighted by Crippen LogP contribution is -2.20. The minimum absolute atomic E-state index is 0.0280. The number of halogens is 1. The largest absolute Gasteiger partial charge is 0.494 e. The van der Waals surface area contributed by atoms with Crippen molar-refractivity contribution in [1.82, 2.24) is 4.57 Å². The van der Waals surface area contributed by atoms with Gasteiger partial charge in [-0.1, -0.05) is 18.2 Å². The van der Waals surface area contributed by atoms with Gasteiger partial charge in [0.2, 0.25) is 5.88 Å². The normalized spacial score (nSPS) is 18.8. The van der Waals surface area contributed by atoms with Crippen molar-refractivity contribution in [3.05, 3.63) is 70.3 Å². The molecule has 8 heteroatoms. The van der Waals surface area contributed by atoms with Crippen molar-refractivity contribution in [2.24, 2.45) is 4.99 Å². The molecule has 144 valence electrons. The zero-order chi connectivity index (χ0) is 19.9. The number of rotatable bonds is 3.